The first-order valence-corrected chi connectivity index (χ1v) is 4.91. The Bertz CT molecular complexity index is 544. The minimum Gasteiger partial charge on any atom is -0.478 e. The summed E-state index contributed by atoms with van der Waals surface area (Å²) in [6.45, 7) is 1.94. The molecule has 16 heavy (non-hydrogen) atoms. The van der Waals surface area contributed by atoms with Crippen LogP contribution in [-0.2, 0) is 7.05 Å². The van der Waals surface area contributed by atoms with E-state index in [1.54, 1.807) is 24.4 Å². The van der Waals surface area contributed by atoms with Gasteiger partial charge in [0.25, 0.3) is 0 Å². The van der Waals surface area contributed by atoms with E-state index in [0.717, 1.165) is 17.0 Å². The molecule has 1 N–H and O–H groups in total. The summed E-state index contributed by atoms with van der Waals surface area (Å²) >= 11 is 0. The number of aromatic nitrogens is 2. The van der Waals surface area contributed by atoms with Crippen LogP contribution in [0.5, 0.6) is 0 Å². The van der Waals surface area contributed by atoms with Crippen molar-refractivity contribution in [2.45, 2.75) is 6.92 Å². The highest BCUT2D eigenvalue weighted by molar-refractivity contribution is 5.89. The van der Waals surface area contributed by atoms with E-state index in [9.17, 15) is 4.79 Å². The van der Waals surface area contributed by atoms with Gasteiger partial charge in [-0.2, -0.15) is 0 Å². The molecular weight excluding hydrogens is 204 g/mol. The highest BCUT2D eigenvalue weighted by Gasteiger charge is 2.10. The van der Waals surface area contributed by atoms with E-state index in [1.807, 2.05) is 24.7 Å². The molecule has 1 aromatic carbocycles. The maximum absolute atomic E-state index is 10.9. The van der Waals surface area contributed by atoms with Gasteiger partial charge in [-0.25, -0.2) is 9.78 Å². The Kier molecular flexibility index (Phi) is 2.48. The second kappa shape index (κ2) is 3.81. The van der Waals surface area contributed by atoms with Crippen molar-refractivity contribution in [1.82, 2.24) is 9.55 Å². The number of carbonyl (C=O) groups is 1. The molecular formula is C12H12N2O2. The Labute approximate surface area is 93.2 Å². The van der Waals surface area contributed by atoms with Crippen molar-refractivity contribution in [3.05, 3.63) is 41.7 Å². The summed E-state index contributed by atoms with van der Waals surface area (Å²) in [5.74, 6) is -0.143. The van der Waals surface area contributed by atoms with Gasteiger partial charge in [0.05, 0.1) is 5.56 Å². The average molecular weight is 216 g/mol. The van der Waals surface area contributed by atoms with Crippen LogP contribution < -0.4 is 0 Å². The number of hydrogen-bond donors (Lipinski definition) is 1. The molecule has 0 aliphatic rings. The second-order valence-electron chi connectivity index (χ2n) is 3.70. The number of imidazole rings is 1. The Hall–Kier alpha value is -2.10. The maximum atomic E-state index is 10.9. The molecule has 0 saturated carbocycles. The first kappa shape index (κ1) is 10.4. The molecule has 0 spiro atoms. The smallest absolute Gasteiger partial charge is 0.335 e. The normalized spacial score (nSPS) is 10.4. The number of carboxylic acid groups (broad SMARTS) is 1. The lowest BCUT2D eigenvalue weighted by molar-refractivity contribution is 0.0697. The van der Waals surface area contributed by atoms with Crippen molar-refractivity contribution in [2.75, 3.05) is 0 Å². The lowest BCUT2D eigenvalue weighted by Gasteiger charge is -2.06. The molecule has 0 radical (unpaired) electrons. The number of aryl methyl sites for hydroxylation is 2. The minimum atomic E-state index is -0.921. The molecule has 0 atom stereocenters. The quantitative estimate of drug-likeness (QED) is 0.836. The van der Waals surface area contributed by atoms with Gasteiger partial charge < -0.3 is 9.67 Å². The number of benzene rings is 1. The third-order valence-corrected chi connectivity index (χ3v) is 2.55. The van der Waals surface area contributed by atoms with Crippen LogP contribution in [0.1, 0.15) is 15.9 Å². The lowest BCUT2D eigenvalue weighted by Crippen LogP contribution is -1.99. The SMILES string of the molecule is Cc1ccc(C(=O)O)cc1-c1nccn1C. The van der Waals surface area contributed by atoms with Crippen LogP contribution in [0.3, 0.4) is 0 Å². The van der Waals surface area contributed by atoms with E-state index in [2.05, 4.69) is 4.98 Å². The van der Waals surface area contributed by atoms with E-state index in [-0.39, 0.29) is 5.56 Å². The fourth-order valence-electron chi connectivity index (χ4n) is 1.62. The van der Waals surface area contributed by atoms with Crippen molar-refractivity contribution < 1.29 is 9.90 Å². The highest BCUT2D eigenvalue weighted by Crippen LogP contribution is 2.22. The number of aromatic carboxylic acids is 1. The summed E-state index contributed by atoms with van der Waals surface area (Å²) in [5.41, 5.74) is 2.15. The molecule has 0 aliphatic heterocycles. The molecule has 82 valence electrons. The van der Waals surface area contributed by atoms with E-state index < -0.39 is 5.97 Å². The van der Waals surface area contributed by atoms with E-state index in [0.29, 0.717) is 0 Å². The van der Waals surface area contributed by atoms with Gasteiger partial charge in [0, 0.05) is 25.0 Å². The van der Waals surface area contributed by atoms with Crippen LogP contribution >= 0.6 is 0 Å². The monoisotopic (exact) mass is 216 g/mol. The summed E-state index contributed by atoms with van der Waals surface area (Å²) < 4.78 is 1.87. The van der Waals surface area contributed by atoms with Crippen molar-refractivity contribution in [2.24, 2.45) is 7.05 Å². The molecule has 0 bridgehead atoms. The highest BCUT2D eigenvalue weighted by atomic mass is 16.4. The molecule has 4 heteroatoms. The van der Waals surface area contributed by atoms with Gasteiger partial charge in [-0.1, -0.05) is 6.07 Å². The standard InChI is InChI=1S/C12H12N2O2/c1-8-3-4-9(12(15)16)7-10(8)11-13-5-6-14(11)2/h3-7H,1-2H3,(H,15,16). The molecule has 0 amide bonds. The molecule has 1 aromatic heterocycles. The van der Waals surface area contributed by atoms with Crippen LogP contribution in [0.4, 0.5) is 0 Å². The fourth-order valence-corrected chi connectivity index (χ4v) is 1.62. The molecule has 4 nitrogen and oxygen atoms in total. The Morgan fingerprint density at radius 3 is 2.75 bits per heavy atom. The molecule has 0 saturated heterocycles. The summed E-state index contributed by atoms with van der Waals surface area (Å²) in [6, 6.07) is 5.05. The zero-order chi connectivity index (χ0) is 11.7. The van der Waals surface area contributed by atoms with E-state index in [4.69, 9.17) is 5.11 Å². The zero-order valence-corrected chi connectivity index (χ0v) is 9.14. The number of nitrogens with zero attached hydrogens (tertiary/aromatic N) is 2. The third-order valence-electron chi connectivity index (χ3n) is 2.55. The predicted octanol–water partition coefficient (Wildman–Crippen LogP) is 2.09. The van der Waals surface area contributed by atoms with Gasteiger partial charge in [0.2, 0.25) is 0 Å². The van der Waals surface area contributed by atoms with Crippen molar-refractivity contribution in [1.29, 1.82) is 0 Å². The van der Waals surface area contributed by atoms with Gasteiger partial charge in [0.15, 0.2) is 0 Å². The summed E-state index contributed by atoms with van der Waals surface area (Å²) in [6.07, 6.45) is 3.53. The maximum Gasteiger partial charge on any atom is 0.335 e. The Balaban J connectivity index is 2.60. The number of rotatable bonds is 2. The Morgan fingerprint density at radius 1 is 1.44 bits per heavy atom. The van der Waals surface area contributed by atoms with Gasteiger partial charge in [0.1, 0.15) is 5.82 Å². The predicted molar refractivity (Wildman–Crippen MR) is 60.3 cm³/mol. The largest absolute Gasteiger partial charge is 0.478 e. The molecule has 1 heterocycles. The summed E-state index contributed by atoms with van der Waals surface area (Å²) in [5, 5.41) is 8.94. The van der Waals surface area contributed by atoms with Crippen molar-refractivity contribution in [3.63, 3.8) is 0 Å². The number of carboxylic acids is 1. The summed E-state index contributed by atoms with van der Waals surface area (Å²) in [7, 11) is 1.88. The average Bonchev–Trinajstić information content (AvgIpc) is 2.65. The zero-order valence-electron chi connectivity index (χ0n) is 9.14. The summed E-state index contributed by atoms with van der Waals surface area (Å²) in [4.78, 5) is 15.1. The minimum absolute atomic E-state index is 0.281. The van der Waals surface area contributed by atoms with E-state index in [1.165, 1.54) is 0 Å². The van der Waals surface area contributed by atoms with Crippen LogP contribution in [0, 0.1) is 6.92 Å². The topological polar surface area (TPSA) is 55.1 Å². The van der Waals surface area contributed by atoms with E-state index >= 15 is 0 Å². The fraction of sp³-hybridized carbons (Fsp3) is 0.167. The first-order valence-electron chi connectivity index (χ1n) is 4.91. The molecule has 0 unspecified atom stereocenters. The van der Waals surface area contributed by atoms with Crippen LogP contribution in [0.25, 0.3) is 11.4 Å². The van der Waals surface area contributed by atoms with Gasteiger partial charge in [-0.15, -0.1) is 0 Å². The molecule has 0 aliphatic carbocycles. The van der Waals surface area contributed by atoms with Crippen LogP contribution in [-0.4, -0.2) is 20.6 Å². The van der Waals surface area contributed by atoms with Crippen molar-refractivity contribution in [3.8, 4) is 11.4 Å². The second-order valence-corrected chi connectivity index (χ2v) is 3.70. The lowest BCUT2D eigenvalue weighted by atomic mass is 10.0. The van der Waals surface area contributed by atoms with Gasteiger partial charge in [-0.05, 0) is 24.6 Å². The van der Waals surface area contributed by atoms with Gasteiger partial charge in [-0.3, -0.25) is 0 Å². The third kappa shape index (κ3) is 1.69. The molecule has 0 fully saturated rings. The molecule has 2 aromatic rings. The first-order chi connectivity index (χ1) is 7.59. The van der Waals surface area contributed by atoms with Crippen molar-refractivity contribution >= 4 is 5.97 Å². The number of hydrogen-bond acceptors (Lipinski definition) is 2. The van der Waals surface area contributed by atoms with Gasteiger partial charge >= 0.3 is 5.97 Å². The van der Waals surface area contributed by atoms with Crippen LogP contribution in [0.15, 0.2) is 30.6 Å². The molecule has 2 rings (SSSR count). The Morgan fingerprint density at radius 2 is 2.19 bits per heavy atom. The van der Waals surface area contributed by atoms with Crippen LogP contribution in [0.2, 0.25) is 0 Å².